The van der Waals surface area contributed by atoms with Gasteiger partial charge in [-0.1, -0.05) is 18.2 Å². The Morgan fingerprint density at radius 2 is 1.78 bits per heavy atom. The Kier molecular flexibility index (Phi) is 7.34. The summed E-state index contributed by atoms with van der Waals surface area (Å²) in [6, 6.07) is 11.3. The van der Waals surface area contributed by atoms with Crippen molar-refractivity contribution in [3.8, 4) is 11.3 Å². The highest BCUT2D eigenvalue weighted by Crippen LogP contribution is 2.39. The molecule has 0 spiro atoms. The van der Waals surface area contributed by atoms with Gasteiger partial charge in [-0.2, -0.15) is 0 Å². The molecule has 41 heavy (non-hydrogen) atoms. The summed E-state index contributed by atoms with van der Waals surface area (Å²) in [5, 5.41) is 0.570. The number of hydrogen-bond acceptors (Lipinski definition) is 10. The predicted octanol–water partition coefficient (Wildman–Crippen LogP) is 3.38. The second-order valence-electron chi connectivity index (χ2n) is 10.8. The maximum Gasteiger partial charge on any atom is 0.410 e. The van der Waals surface area contributed by atoms with E-state index in [0.29, 0.717) is 35.4 Å². The van der Waals surface area contributed by atoms with Crippen LogP contribution in [0.25, 0.3) is 22.3 Å². The monoisotopic (exact) mass is 579 g/mol. The summed E-state index contributed by atoms with van der Waals surface area (Å²) in [7, 11) is -0.714. The average Bonchev–Trinajstić information content (AvgIpc) is 3.55. The number of amides is 1. The highest BCUT2D eigenvalue weighted by molar-refractivity contribution is 7.90. The molecule has 12 nitrogen and oxygen atoms in total. The number of pyridine rings is 1. The van der Waals surface area contributed by atoms with Crippen LogP contribution in [0.3, 0.4) is 0 Å². The van der Waals surface area contributed by atoms with Crippen LogP contribution in [0.4, 0.5) is 16.4 Å². The summed E-state index contributed by atoms with van der Waals surface area (Å²) < 4.78 is 40.1. The van der Waals surface area contributed by atoms with Crippen LogP contribution in [0.2, 0.25) is 0 Å². The van der Waals surface area contributed by atoms with E-state index in [1.807, 2.05) is 26.8 Å². The SMILES string of the molecule is CO[C@@H]1CN(c2ccnc3c2c(-c2ccnc(N)n2)cn3S(=O)(=O)c2ccccc2)C[C@H]1N(C)C(=O)OC(C)(C)C. The number of hydrogen-bond donors (Lipinski definition) is 1. The number of rotatable bonds is 6. The molecule has 1 amide bonds. The first-order chi connectivity index (χ1) is 19.4. The third-order valence-corrected chi connectivity index (χ3v) is 8.61. The van der Waals surface area contributed by atoms with Crippen molar-refractivity contribution < 1.29 is 22.7 Å². The molecule has 1 aliphatic rings. The Morgan fingerprint density at radius 1 is 1.07 bits per heavy atom. The molecule has 0 saturated carbocycles. The zero-order valence-electron chi connectivity index (χ0n) is 23.6. The van der Waals surface area contributed by atoms with Crippen LogP contribution in [0.15, 0.2) is 66.0 Å². The summed E-state index contributed by atoms with van der Waals surface area (Å²) in [4.78, 5) is 29.5. The number of nitrogen functional groups attached to an aromatic ring is 1. The summed E-state index contributed by atoms with van der Waals surface area (Å²) in [5.74, 6) is 0.0550. The summed E-state index contributed by atoms with van der Waals surface area (Å²) in [6.07, 6.45) is 3.82. The molecule has 216 valence electrons. The van der Waals surface area contributed by atoms with Crippen molar-refractivity contribution in [1.82, 2.24) is 23.8 Å². The number of nitrogens with two attached hydrogens (primary N) is 1. The molecular weight excluding hydrogens is 546 g/mol. The number of carbonyl (C=O) groups is 1. The Bertz CT molecular complexity index is 1690. The number of aromatic nitrogens is 4. The van der Waals surface area contributed by atoms with E-state index in [9.17, 15) is 13.2 Å². The smallest absolute Gasteiger partial charge is 0.410 e. The lowest BCUT2D eigenvalue weighted by Gasteiger charge is -2.30. The molecule has 1 aromatic carbocycles. The van der Waals surface area contributed by atoms with Gasteiger partial charge in [0.1, 0.15) is 5.60 Å². The summed E-state index contributed by atoms with van der Waals surface area (Å²) in [6.45, 7) is 6.30. The molecule has 1 fully saturated rings. The molecule has 0 unspecified atom stereocenters. The number of nitrogens with zero attached hydrogens (tertiary/aromatic N) is 6. The maximum atomic E-state index is 13.8. The van der Waals surface area contributed by atoms with Gasteiger partial charge in [0, 0.05) is 51.4 Å². The van der Waals surface area contributed by atoms with Gasteiger partial charge in [0.15, 0.2) is 5.65 Å². The molecule has 1 saturated heterocycles. The van der Waals surface area contributed by atoms with Gasteiger partial charge in [-0.15, -0.1) is 0 Å². The third-order valence-electron chi connectivity index (χ3n) is 6.94. The van der Waals surface area contributed by atoms with Crippen LogP contribution in [-0.4, -0.2) is 83.3 Å². The van der Waals surface area contributed by atoms with E-state index in [0.717, 1.165) is 0 Å². The zero-order chi connectivity index (χ0) is 29.5. The van der Waals surface area contributed by atoms with Crippen molar-refractivity contribution in [3.63, 3.8) is 0 Å². The van der Waals surface area contributed by atoms with E-state index in [-0.39, 0.29) is 28.6 Å². The molecule has 0 bridgehead atoms. The highest BCUT2D eigenvalue weighted by Gasteiger charge is 2.40. The molecule has 0 radical (unpaired) electrons. The van der Waals surface area contributed by atoms with E-state index < -0.39 is 21.7 Å². The summed E-state index contributed by atoms with van der Waals surface area (Å²) in [5.41, 5.74) is 7.17. The number of methoxy groups -OCH3 is 1. The molecule has 1 aliphatic heterocycles. The number of carbonyl (C=O) groups excluding carboxylic acids is 1. The Labute approximate surface area is 238 Å². The van der Waals surface area contributed by atoms with Gasteiger partial charge in [0.25, 0.3) is 10.0 Å². The first kappa shape index (κ1) is 28.3. The number of likely N-dealkylation sites (N-methyl/N-ethyl adjacent to an activating group) is 1. The molecule has 2 N–H and O–H groups in total. The van der Waals surface area contributed by atoms with Crippen molar-refractivity contribution >= 4 is 38.8 Å². The minimum atomic E-state index is -4.00. The fourth-order valence-corrected chi connectivity index (χ4v) is 6.34. The van der Waals surface area contributed by atoms with Crippen molar-refractivity contribution in [2.45, 2.75) is 43.4 Å². The van der Waals surface area contributed by atoms with Crippen molar-refractivity contribution in [1.29, 1.82) is 0 Å². The zero-order valence-corrected chi connectivity index (χ0v) is 24.4. The Morgan fingerprint density at radius 3 is 2.44 bits per heavy atom. The van der Waals surface area contributed by atoms with Crippen LogP contribution >= 0.6 is 0 Å². The lowest BCUT2D eigenvalue weighted by atomic mass is 10.1. The maximum absolute atomic E-state index is 13.8. The lowest BCUT2D eigenvalue weighted by molar-refractivity contribution is 0.00378. The number of benzene rings is 1. The van der Waals surface area contributed by atoms with Crippen molar-refractivity contribution in [2.24, 2.45) is 0 Å². The fourth-order valence-electron chi connectivity index (χ4n) is 5.01. The molecule has 13 heteroatoms. The topological polar surface area (TPSA) is 146 Å². The molecule has 3 aromatic heterocycles. The first-order valence-corrected chi connectivity index (χ1v) is 14.5. The second kappa shape index (κ2) is 10.6. The predicted molar refractivity (Wildman–Crippen MR) is 155 cm³/mol. The Balaban J connectivity index is 1.64. The largest absolute Gasteiger partial charge is 0.444 e. The van der Waals surface area contributed by atoms with Gasteiger partial charge < -0.3 is 25.0 Å². The van der Waals surface area contributed by atoms with Gasteiger partial charge in [0.05, 0.1) is 33.8 Å². The van der Waals surface area contributed by atoms with Crippen LogP contribution in [-0.2, 0) is 19.5 Å². The molecule has 5 rings (SSSR count). The minimum Gasteiger partial charge on any atom is -0.444 e. The fraction of sp³-hybridized carbons (Fsp3) is 0.357. The molecule has 2 atom stereocenters. The van der Waals surface area contributed by atoms with Gasteiger partial charge in [-0.05, 0) is 45.0 Å². The first-order valence-electron chi connectivity index (χ1n) is 13.0. The molecule has 4 heterocycles. The molecule has 0 aliphatic carbocycles. The van der Waals surface area contributed by atoms with Crippen molar-refractivity contribution in [3.05, 3.63) is 61.1 Å². The normalized spacial score (nSPS) is 17.6. The van der Waals surface area contributed by atoms with Gasteiger partial charge in [0.2, 0.25) is 5.95 Å². The number of anilines is 2. The van der Waals surface area contributed by atoms with Crippen LogP contribution in [0.1, 0.15) is 20.8 Å². The summed E-state index contributed by atoms with van der Waals surface area (Å²) >= 11 is 0. The molecular formula is C28H33N7O5S. The van der Waals surface area contributed by atoms with E-state index in [1.165, 1.54) is 28.5 Å². The van der Waals surface area contributed by atoms with E-state index in [4.69, 9.17) is 15.2 Å². The van der Waals surface area contributed by atoms with Crippen LogP contribution in [0, 0.1) is 0 Å². The number of fused-ring (bicyclic) bond motifs is 1. The molecule has 4 aromatic rings. The van der Waals surface area contributed by atoms with Gasteiger partial charge >= 0.3 is 6.09 Å². The lowest BCUT2D eigenvalue weighted by Crippen LogP contribution is -2.47. The standard InChI is InChI=1S/C28H33N7O5S/c1-28(2,3)40-27(36)33(4)22-16-34(17-23(22)39-5)21-12-14-30-25-24(21)19(20-11-13-31-26(29)32-20)15-35(25)41(37,38)18-9-7-6-8-10-18/h6-15,22-23H,16-17H2,1-5H3,(H2,29,31,32)/t22-,23-/m1/s1. The highest BCUT2D eigenvalue weighted by atomic mass is 32.2. The quantitative estimate of drug-likeness (QED) is 0.361. The third kappa shape index (κ3) is 5.42. The second-order valence-corrected chi connectivity index (χ2v) is 12.6. The van der Waals surface area contributed by atoms with E-state index in [2.05, 4.69) is 19.9 Å². The average molecular weight is 580 g/mol. The van der Waals surface area contributed by atoms with E-state index >= 15 is 0 Å². The van der Waals surface area contributed by atoms with Gasteiger partial charge in [-0.25, -0.2) is 32.1 Å². The Hall–Kier alpha value is -4.23. The van der Waals surface area contributed by atoms with Crippen molar-refractivity contribution in [2.75, 3.05) is 37.9 Å². The minimum absolute atomic E-state index is 0.0550. The van der Waals surface area contributed by atoms with Crippen LogP contribution < -0.4 is 10.6 Å². The van der Waals surface area contributed by atoms with Gasteiger partial charge in [-0.3, -0.25) is 0 Å². The number of ether oxygens (including phenoxy) is 2. The van der Waals surface area contributed by atoms with Crippen LogP contribution in [0.5, 0.6) is 0 Å². The van der Waals surface area contributed by atoms with E-state index in [1.54, 1.807) is 49.5 Å².